The number of carbonyl (C=O) groups excluding carboxylic acids is 2. The zero-order valence-electron chi connectivity index (χ0n) is 8.39. The van der Waals surface area contributed by atoms with Gasteiger partial charge in [0.25, 0.3) is 5.91 Å². The molecule has 0 aromatic carbocycles. The molecule has 0 unspecified atom stereocenters. The lowest BCUT2D eigenvalue weighted by Gasteiger charge is -2.12. The van der Waals surface area contributed by atoms with Gasteiger partial charge in [-0.3, -0.25) is 9.59 Å². The number of imidazole rings is 1. The van der Waals surface area contributed by atoms with E-state index in [1.807, 2.05) is 0 Å². The Morgan fingerprint density at radius 1 is 1.60 bits per heavy atom. The molecule has 5 N–H and O–H groups in total. The molecule has 0 saturated heterocycles. The minimum absolute atomic E-state index is 0.0179. The number of nitrogen functional groups attached to an aromatic ring is 1. The van der Waals surface area contributed by atoms with Crippen molar-refractivity contribution in [2.45, 2.75) is 6.92 Å². The second kappa shape index (κ2) is 3.96. The summed E-state index contributed by atoms with van der Waals surface area (Å²) in [6, 6.07) is 0. The average molecular weight is 212 g/mol. The minimum Gasteiger partial charge on any atom is -0.354 e. The van der Waals surface area contributed by atoms with Crippen LogP contribution in [0.2, 0.25) is 0 Å². The van der Waals surface area contributed by atoms with Crippen LogP contribution in [0, 0.1) is 0 Å². The molecule has 1 rings (SSSR count). The lowest BCUT2D eigenvalue weighted by molar-refractivity contribution is -0.116. The largest absolute Gasteiger partial charge is 0.354 e. The van der Waals surface area contributed by atoms with Crippen LogP contribution in [0.25, 0.3) is 0 Å². The van der Waals surface area contributed by atoms with Gasteiger partial charge in [0.15, 0.2) is 11.5 Å². The van der Waals surface area contributed by atoms with Gasteiger partial charge in [0.1, 0.15) is 6.33 Å². The zero-order valence-corrected chi connectivity index (χ0v) is 8.39. The smallest absolute Gasteiger partial charge is 0.273 e. The monoisotopic (exact) mass is 212 g/mol. The first-order valence-corrected chi connectivity index (χ1v) is 4.09. The van der Waals surface area contributed by atoms with Gasteiger partial charge >= 0.3 is 0 Å². The fourth-order valence-electron chi connectivity index (χ4n) is 1.01. The third kappa shape index (κ3) is 1.89. The van der Waals surface area contributed by atoms with Crippen LogP contribution >= 0.6 is 0 Å². The lowest BCUT2D eigenvalue weighted by atomic mass is 10.4. The Hall–Kier alpha value is -2.09. The molecule has 0 saturated carbocycles. The highest BCUT2D eigenvalue weighted by Gasteiger charge is 2.22. The van der Waals surface area contributed by atoms with Gasteiger partial charge in [0.2, 0.25) is 5.91 Å². The predicted molar refractivity (Wildman–Crippen MR) is 53.1 cm³/mol. The number of amides is 2. The Balaban J connectivity index is 3.20. The molecule has 0 aliphatic carbocycles. The minimum atomic E-state index is -0.471. The van der Waals surface area contributed by atoms with Crippen LogP contribution < -0.4 is 22.0 Å². The SMILES string of the molecule is CNC(=O)c1c(N(N)C(C)=O)ncn1N. The van der Waals surface area contributed by atoms with Crippen LogP contribution in [0.15, 0.2) is 6.33 Å². The van der Waals surface area contributed by atoms with Crippen molar-refractivity contribution in [2.24, 2.45) is 5.84 Å². The molecular weight excluding hydrogens is 200 g/mol. The normalized spacial score (nSPS) is 9.80. The maximum atomic E-state index is 11.4. The van der Waals surface area contributed by atoms with E-state index in [1.54, 1.807) is 0 Å². The van der Waals surface area contributed by atoms with Gasteiger partial charge in [-0.1, -0.05) is 0 Å². The molecule has 8 nitrogen and oxygen atoms in total. The first-order valence-electron chi connectivity index (χ1n) is 4.09. The van der Waals surface area contributed by atoms with Gasteiger partial charge in [-0.2, -0.15) is 0 Å². The van der Waals surface area contributed by atoms with Crippen LogP contribution in [-0.2, 0) is 4.79 Å². The molecule has 0 radical (unpaired) electrons. The molecular formula is C7H12N6O2. The van der Waals surface area contributed by atoms with E-state index in [1.165, 1.54) is 20.3 Å². The first kappa shape index (κ1) is 11.0. The number of nitrogens with zero attached hydrogens (tertiary/aromatic N) is 3. The molecule has 0 aliphatic heterocycles. The van der Waals surface area contributed by atoms with Crippen molar-refractivity contribution < 1.29 is 9.59 Å². The molecule has 1 aromatic heterocycles. The van der Waals surface area contributed by atoms with Gasteiger partial charge in [0, 0.05) is 14.0 Å². The zero-order chi connectivity index (χ0) is 11.6. The van der Waals surface area contributed by atoms with E-state index in [0.29, 0.717) is 0 Å². The topological polar surface area (TPSA) is 119 Å². The summed E-state index contributed by atoms with van der Waals surface area (Å²) in [5.41, 5.74) is 0.0233. The number of hydrogen-bond acceptors (Lipinski definition) is 5. The second-order valence-electron chi connectivity index (χ2n) is 2.79. The van der Waals surface area contributed by atoms with Gasteiger partial charge in [-0.05, 0) is 0 Å². The number of nitrogens with two attached hydrogens (primary N) is 2. The van der Waals surface area contributed by atoms with Crippen LogP contribution in [-0.4, -0.2) is 28.5 Å². The maximum Gasteiger partial charge on any atom is 0.273 e. The third-order valence-electron chi connectivity index (χ3n) is 1.78. The summed E-state index contributed by atoms with van der Waals surface area (Å²) in [6.45, 7) is 1.25. The van der Waals surface area contributed by atoms with Gasteiger partial charge in [0.05, 0.1) is 0 Å². The molecule has 0 aliphatic rings. The number of anilines is 1. The number of carbonyl (C=O) groups is 2. The highest BCUT2D eigenvalue weighted by atomic mass is 16.2. The second-order valence-corrected chi connectivity index (χ2v) is 2.79. The highest BCUT2D eigenvalue weighted by Crippen LogP contribution is 2.14. The number of aromatic nitrogens is 2. The standard InChI is InChI=1S/C7H12N6O2/c1-4(14)13(9)6-5(7(15)10-2)12(8)3-11-6/h3H,8-9H2,1-2H3,(H,10,15). The predicted octanol–water partition coefficient (Wildman–Crippen LogP) is -1.82. The Bertz CT molecular complexity index is 398. The third-order valence-corrected chi connectivity index (χ3v) is 1.78. The lowest BCUT2D eigenvalue weighted by Crippen LogP contribution is -2.38. The summed E-state index contributed by atoms with van der Waals surface area (Å²) in [5.74, 6) is 9.97. The van der Waals surface area contributed by atoms with E-state index >= 15 is 0 Å². The van der Waals surface area contributed by atoms with Crippen LogP contribution in [0.1, 0.15) is 17.4 Å². The van der Waals surface area contributed by atoms with E-state index in [4.69, 9.17) is 11.7 Å². The Kier molecular flexibility index (Phi) is 2.90. The summed E-state index contributed by atoms with van der Waals surface area (Å²) in [4.78, 5) is 26.2. The highest BCUT2D eigenvalue weighted by molar-refractivity contribution is 6.01. The summed E-state index contributed by atoms with van der Waals surface area (Å²) >= 11 is 0. The number of nitrogens with one attached hydrogen (secondary N) is 1. The molecule has 8 heteroatoms. The maximum absolute atomic E-state index is 11.4. The fraction of sp³-hybridized carbons (Fsp3) is 0.286. The summed E-state index contributed by atoms with van der Waals surface area (Å²) in [7, 11) is 1.44. The molecule has 0 atom stereocenters. The Morgan fingerprint density at radius 2 is 2.20 bits per heavy atom. The van der Waals surface area contributed by atoms with E-state index in [0.717, 1.165) is 9.69 Å². The molecule has 82 valence electrons. The fourth-order valence-corrected chi connectivity index (χ4v) is 1.01. The molecule has 0 bridgehead atoms. The first-order chi connectivity index (χ1) is 6.99. The van der Waals surface area contributed by atoms with Crippen LogP contribution in [0.5, 0.6) is 0 Å². The van der Waals surface area contributed by atoms with Crippen molar-refractivity contribution in [2.75, 3.05) is 17.9 Å². The Labute approximate surface area is 85.8 Å². The quantitative estimate of drug-likeness (QED) is 0.303. The number of hydrazine groups is 1. The van der Waals surface area contributed by atoms with Gasteiger partial charge in [-0.25, -0.2) is 20.5 Å². The molecule has 1 heterocycles. The van der Waals surface area contributed by atoms with Crippen molar-refractivity contribution in [3.05, 3.63) is 12.0 Å². The Morgan fingerprint density at radius 3 is 2.67 bits per heavy atom. The van der Waals surface area contributed by atoms with Crippen molar-refractivity contribution in [3.8, 4) is 0 Å². The van der Waals surface area contributed by atoms with Gasteiger partial charge in [-0.15, -0.1) is 0 Å². The molecule has 1 aromatic rings. The van der Waals surface area contributed by atoms with E-state index in [9.17, 15) is 9.59 Å². The van der Waals surface area contributed by atoms with E-state index in [2.05, 4.69) is 10.3 Å². The van der Waals surface area contributed by atoms with Crippen LogP contribution in [0.3, 0.4) is 0 Å². The van der Waals surface area contributed by atoms with E-state index in [-0.39, 0.29) is 11.5 Å². The van der Waals surface area contributed by atoms with Crippen molar-refractivity contribution in [1.82, 2.24) is 15.0 Å². The summed E-state index contributed by atoms with van der Waals surface area (Å²) < 4.78 is 0.997. The van der Waals surface area contributed by atoms with Crippen LogP contribution in [0.4, 0.5) is 5.82 Å². The van der Waals surface area contributed by atoms with Gasteiger partial charge < -0.3 is 11.2 Å². The van der Waals surface area contributed by atoms with Crippen molar-refractivity contribution in [1.29, 1.82) is 0 Å². The summed E-state index contributed by atoms with van der Waals surface area (Å²) in [5, 5.41) is 3.13. The van der Waals surface area contributed by atoms with Crippen molar-refractivity contribution >= 4 is 17.6 Å². The summed E-state index contributed by atoms with van der Waals surface area (Å²) in [6.07, 6.45) is 1.20. The average Bonchev–Trinajstić information content (AvgIpc) is 2.57. The molecule has 0 fully saturated rings. The molecule has 15 heavy (non-hydrogen) atoms. The molecule has 2 amide bonds. The number of hydrogen-bond donors (Lipinski definition) is 3. The van der Waals surface area contributed by atoms with Crippen molar-refractivity contribution in [3.63, 3.8) is 0 Å². The molecule has 0 spiro atoms. The number of rotatable bonds is 2. The van der Waals surface area contributed by atoms with E-state index < -0.39 is 11.8 Å².